The van der Waals surface area contributed by atoms with Crippen LogP contribution in [-0.4, -0.2) is 59.3 Å². The Morgan fingerprint density at radius 3 is 2.22 bits per heavy atom. The number of methoxy groups -OCH3 is 1. The lowest BCUT2D eigenvalue weighted by Gasteiger charge is -2.40. The molecular formula is C12H25BO4Si. The molecule has 1 aliphatic rings. The minimum Gasteiger partial charge on any atom is -0.408 e. The van der Waals surface area contributed by atoms with Crippen molar-refractivity contribution >= 4 is 16.2 Å². The molecule has 1 rings (SSSR count). The summed E-state index contributed by atoms with van der Waals surface area (Å²) in [5.41, 5.74) is 0. The summed E-state index contributed by atoms with van der Waals surface area (Å²) in [6, 6.07) is -0.540. The summed E-state index contributed by atoms with van der Waals surface area (Å²) in [5, 5.41) is 9.46. The Kier molecular flexibility index (Phi) is 5.06. The molecule has 0 aromatic carbocycles. The summed E-state index contributed by atoms with van der Waals surface area (Å²) in [7, 11) is 5.50. The van der Waals surface area contributed by atoms with E-state index in [-0.39, 0.29) is 23.9 Å². The van der Waals surface area contributed by atoms with Gasteiger partial charge in [0, 0.05) is 13.1 Å². The van der Waals surface area contributed by atoms with Gasteiger partial charge in [0.1, 0.15) is 26.2 Å². The van der Waals surface area contributed by atoms with Crippen LogP contribution in [0.5, 0.6) is 0 Å². The van der Waals surface area contributed by atoms with Crippen molar-refractivity contribution in [3.63, 3.8) is 0 Å². The molecule has 0 aliphatic carbocycles. The highest BCUT2D eigenvalue weighted by molar-refractivity contribution is 6.74. The molecule has 1 heterocycles. The number of hydrogen-bond donors (Lipinski definition) is 1. The van der Waals surface area contributed by atoms with Crippen LogP contribution in [0.25, 0.3) is 0 Å². The first-order valence-corrected chi connectivity index (χ1v) is 9.27. The molecule has 0 spiro atoms. The predicted octanol–water partition coefficient (Wildman–Crippen LogP) is 1.28. The van der Waals surface area contributed by atoms with Gasteiger partial charge in [0.05, 0.1) is 6.61 Å². The Labute approximate surface area is 113 Å². The van der Waals surface area contributed by atoms with E-state index >= 15 is 0 Å². The highest BCUT2D eigenvalue weighted by Crippen LogP contribution is 2.39. The van der Waals surface area contributed by atoms with Gasteiger partial charge in [0.25, 0.3) is 0 Å². The molecule has 4 nitrogen and oxygen atoms in total. The van der Waals surface area contributed by atoms with E-state index in [9.17, 15) is 5.11 Å². The average molecular weight is 272 g/mol. The van der Waals surface area contributed by atoms with Crippen LogP contribution in [0.3, 0.4) is 0 Å². The van der Waals surface area contributed by atoms with Gasteiger partial charge < -0.3 is 19.0 Å². The Hall–Kier alpha value is 0.122. The van der Waals surface area contributed by atoms with E-state index in [2.05, 4.69) is 33.9 Å². The molecule has 0 bridgehead atoms. The van der Waals surface area contributed by atoms with Crippen molar-refractivity contribution in [1.82, 2.24) is 0 Å². The zero-order chi connectivity index (χ0) is 14.1. The van der Waals surface area contributed by atoms with E-state index in [1.165, 1.54) is 0 Å². The van der Waals surface area contributed by atoms with Crippen molar-refractivity contribution in [2.24, 2.45) is 0 Å². The lowest BCUT2D eigenvalue weighted by molar-refractivity contribution is -0.00765. The molecule has 4 atom stereocenters. The standard InChI is InChI=1S/C12H25BO4Si/c1-12(2,3)18(5,6)17-9-8(7-14)16-11(13)10(9)15-4/h8-11,14H,7H2,1-6H3/t8-,9?,10?,11-/m1/s1. The third-order valence-corrected chi connectivity index (χ3v) is 8.51. The number of hydrogen-bond acceptors (Lipinski definition) is 4. The van der Waals surface area contributed by atoms with Crippen molar-refractivity contribution < 1.29 is 19.0 Å². The summed E-state index contributed by atoms with van der Waals surface area (Å²) < 4.78 is 17.1. The van der Waals surface area contributed by atoms with Gasteiger partial charge in [0.15, 0.2) is 8.32 Å². The van der Waals surface area contributed by atoms with Crippen LogP contribution in [0.2, 0.25) is 18.1 Å². The smallest absolute Gasteiger partial charge is 0.192 e. The highest BCUT2D eigenvalue weighted by atomic mass is 28.4. The lowest BCUT2D eigenvalue weighted by Crippen LogP contribution is -2.50. The SMILES string of the molecule is [B][C@@H]1O[C@H](CO)C(O[Si](C)(C)C(C)(C)C)C1OC. The van der Waals surface area contributed by atoms with Gasteiger partial charge in [-0.05, 0) is 18.1 Å². The maximum atomic E-state index is 9.37. The number of rotatable bonds is 4. The van der Waals surface area contributed by atoms with Crippen LogP contribution in [0.1, 0.15) is 20.8 Å². The molecule has 1 aliphatic heterocycles. The second kappa shape index (κ2) is 5.63. The lowest BCUT2D eigenvalue weighted by atomic mass is 9.93. The number of aliphatic hydroxyl groups excluding tert-OH is 1. The van der Waals surface area contributed by atoms with Crippen molar-refractivity contribution in [2.45, 2.75) is 63.2 Å². The van der Waals surface area contributed by atoms with Gasteiger partial charge in [0.2, 0.25) is 0 Å². The number of ether oxygens (including phenoxy) is 2. The third-order valence-electron chi connectivity index (χ3n) is 4.03. The Bertz CT molecular complexity index is 280. The first-order chi connectivity index (χ1) is 8.14. The largest absolute Gasteiger partial charge is 0.408 e. The van der Waals surface area contributed by atoms with Gasteiger partial charge in [-0.25, -0.2) is 0 Å². The molecule has 2 radical (unpaired) electrons. The minimum absolute atomic E-state index is 0.0952. The molecule has 0 saturated carbocycles. The molecule has 2 unspecified atom stereocenters. The van der Waals surface area contributed by atoms with Crippen LogP contribution >= 0.6 is 0 Å². The first-order valence-electron chi connectivity index (χ1n) is 6.36. The molecule has 1 saturated heterocycles. The molecule has 6 heteroatoms. The second-order valence-corrected chi connectivity index (χ2v) is 11.1. The van der Waals surface area contributed by atoms with Gasteiger partial charge in [-0.3, -0.25) is 0 Å². The molecule has 0 aromatic rings. The van der Waals surface area contributed by atoms with Crippen molar-refractivity contribution in [3.05, 3.63) is 0 Å². The summed E-state index contributed by atoms with van der Waals surface area (Å²) in [6.07, 6.45) is -1.02. The summed E-state index contributed by atoms with van der Waals surface area (Å²) >= 11 is 0. The fourth-order valence-electron chi connectivity index (χ4n) is 1.83. The van der Waals surface area contributed by atoms with Crippen molar-refractivity contribution in [2.75, 3.05) is 13.7 Å². The zero-order valence-corrected chi connectivity index (χ0v) is 13.3. The van der Waals surface area contributed by atoms with Gasteiger partial charge >= 0.3 is 0 Å². The maximum Gasteiger partial charge on any atom is 0.192 e. The van der Waals surface area contributed by atoms with Gasteiger partial charge in [-0.15, -0.1) is 0 Å². The van der Waals surface area contributed by atoms with Crippen molar-refractivity contribution in [3.8, 4) is 0 Å². The fraction of sp³-hybridized carbons (Fsp3) is 1.00. The maximum absolute atomic E-state index is 9.37. The fourth-order valence-corrected chi connectivity index (χ4v) is 3.15. The monoisotopic (exact) mass is 272 g/mol. The van der Waals surface area contributed by atoms with E-state index in [0.717, 1.165) is 0 Å². The van der Waals surface area contributed by atoms with Crippen LogP contribution in [-0.2, 0) is 13.9 Å². The quantitative estimate of drug-likeness (QED) is 0.783. The van der Waals surface area contributed by atoms with E-state index in [1.807, 2.05) is 0 Å². The average Bonchev–Trinajstić information content (AvgIpc) is 2.52. The zero-order valence-electron chi connectivity index (χ0n) is 12.3. The van der Waals surface area contributed by atoms with E-state index < -0.39 is 20.4 Å². The molecule has 1 fully saturated rings. The number of aliphatic hydroxyl groups is 1. The third kappa shape index (κ3) is 3.17. The predicted molar refractivity (Wildman–Crippen MR) is 74.4 cm³/mol. The van der Waals surface area contributed by atoms with Crippen LogP contribution in [0.4, 0.5) is 0 Å². The Morgan fingerprint density at radius 1 is 1.28 bits per heavy atom. The van der Waals surface area contributed by atoms with Gasteiger partial charge in [-0.1, -0.05) is 20.8 Å². The molecule has 18 heavy (non-hydrogen) atoms. The van der Waals surface area contributed by atoms with Crippen LogP contribution < -0.4 is 0 Å². The molecule has 104 valence electrons. The van der Waals surface area contributed by atoms with E-state index in [4.69, 9.17) is 21.7 Å². The van der Waals surface area contributed by atoms with Crippen LogP contribution in [0.15, 0.2) is 0 Å². The normalized spacial score (nSPS) is 33.9. The van der Waals surface area contributed by atoms with Gasteiger partial charge in [-0.2, -0.15) is 0 Å². The van der Waals surface area contributed by atoms with E-state index in [1.54, 1.807) is 7.11 Å². The summed E-state index contributed by atoms with van der Waals surface area (Å²) in [6.45, 7) is 10.7. The molecule has 0 amide bonds. The molecular weight excluding hydrogens is 247 g/mol. The summed E-state index contributed by atoms with van der Waals surface area (Å²) in [4.78, 5) is 0. The summed E-state index contributed by atoms with van der Waals surface area (Å²) in [5.74, 6) is 0. The highest BCUT2D eigenvalue weighted by Gasteiger charge is 2.48. The first kappa shape index (κ1) is 16.2. The molecule has 1 N–H and O–H groups in total. The van der Waals surface area contributed by atoms with Crippen LogP contribution in [0, 0.1) is 0 Å². The minimum atomic E-state index is -1.94. The van der Waals surface area contributed by atoms with E-state index in [0.29, 0.717) is 0 Å². The Morgan fingerprint density at radius 2 is 1.83 bits per heavy atom. The second-order valence-electron chi connectivity index (χ2n) is 6.36. The van der Waals surface area contributed by atoms with Crippen molar-refractivity contribution in [1.29, 1.82) is 0 Å². The Balaban J connectivity index is 2.85. The molecule has 0 aromatic heterocycles. The topological polar surface area (TPSA) is 47.9 Å².